The summed E-state index contributed by atoms with van der Waals surface area (Å²) < 4.78 is 29.2. The Morgan fingerprint density at radius 1 is 1.17 bits per heavy atom. The highest BCUT2D eigenvalue weighted by molar-refractivity contribution is 5.95. The van der Waals surface area contributed by atoms with Crippen molar-refractivity contribution in [3.05, 3.63) is 23.5 Å². The maximum absolute atomic E-state index is 13.8. The van der Waals surface area contributed by atoms with E-state index in [2.05, 4.69) is 0 Å². The number of fused-ring (bicyclic) bond motifs is 1. The average Bonchev–Trinajstić information content (AvgIpc) is 2.85. The minimum absolute atomic E-state index is 0.0150. The molecule has 1 saturated heterocycles. The van der Waals surface area contributed by atoms with Crippen LogP contribution in [0.3, 0.4) is 0 Å². The molecule has 6 heteroatoms. The first-order valence-corrected chi connectivity index (χ1v) is 5.72. The molecule has 1 aromatic rings. The van der Waals surface area contributed by atoms with Crippen molar-refractivity contribution >= 4 is 5.91 Å². The number of halogens is 1. The number of carbonyl (C=O) groups excluding carboxylic acids is 1. The third-order valence-electron chi connectivity index (χ3n) is 2.99. The molecule has 0 spiro atoms. The zero-order valence-electron chi connectivity index (χ0n) is 9.65. The van der Waals surface area contributed by atoms with Gasteiger partial charge < -0.3 is 19.1 Å². The van der Waals surface area contributed by atoms with Gasteiger partial charge in [0.15, 0.2) is 11.5 Å². The highest BCUT2D eigenvalue weighted by Gasteiger charge is 2.25. The molecule has 0 unspecified atom stereocenters. The minimum Gasteiger partial charge on any atom is -0.454 e. The summed E-state index contributed by atoms with van der Waals surface area (Å²) >= 11 is 0. The van der Waals surface area contributed by atoms with E-state index in [-0.39, 0.29) is 18.3 Å². The molecule has 0 atom stereocenters. The smallest absolute Gasteiger partial charge is 0.257 e. The number of ether oxygens (including phenoxy) is 3. The lowest BCUT2D eigenvalue weighted by Gasteiger charge is -2.27. The van der Waals surface area contributed by atoms with E-state index in [1.54, 1.807) is 4.90 Å². The van der Waals surface area contributed by atoms with Crippen molar-refractivity contribution < 1.29 is 23.4 Å². The second kappa shape index (κ2) is 4.45. The maximum atomic E-state index is 13.8. The SMILES string of the molecule is O=C(c1cc2c(cc1F)OCO2)N1CCOCC1. The molecule has 2 heterocycles. The van der Waals surface area contributed by atoms with Gasteiger partial charge in [0.25, 0.3) is 5.91 Å². The molecule has 0 aromatic heterocycles. The second-order valence-electron chi connectivity index (χ2n) is 4.09. The number of hydrogen-bond acceptors (Lipinski definition) is 4. The number of amides is 1. The molecule has 0 radical (unpaired) electrons. The van der Waals surface area contributed by atoms with Crippen LogP contribution in [-0.2, 0) is 4.74 Å². The van der Waals surface area contributed by atoms with E-state index >= 15 is 0 Å². The van der Waals surface area contributed by atoms with Crippen LogP contribution in [0.15, 0.2) is 12.1 Å². The van der Waals surface area contributed by atoms with Crippen molar-refractivity contribution in [2.24, 2.45) is 0 Å². The van der Waals surface area contributed by atoms with Crippen LogP contribution in [0.25, 0.3) is 0 Å². The van der Waals surface area contributed by atoms with Gasteiger partial charge in [0, 0.05) is 19.2 Å². The van der Waals surface area contributed by atoms with Gasteiger partial charge in [-0.1, -0.05) is 0 Å². The van der Waals surface area contributed by atoms with Crippen LogP contribution in [0.5, 0.6) is 11.5 Å². The Labute approximate surface area is 103 Å². The van der Waals surface area contributed by atoms with Gasteiger partial charge in [-0.25, -0.2) is 4.39 Å². The molecule has 0 aliphatic carbocycles. The van der Waals surface area contributed by atoms with Gasteiger partial charge in [-0.3, -0.25) is 4.79 Å². The number of morpholine rings is 1. The predicted molar refractivity (Wildman–Crippen MR) is 59.2 cm³/mol. The Hall–Kier alpha value is -1.82. The molecule has 0 bridgehead atoms. The van der Waals surface area contributed by atoms with E-state index in [9.17, 15) is 9.18 Å². The van der Waals surface area contributed by atoms with Crippen molar-refractivity contribution in [2.45, 2.75) is 0 Å². The van der Waals surface area contributed by atoms with Crippen LogP contribution in [-0.4, -0.2) is 43.9 Å². The third kappa shape index (κ3) is 1.88. The van der Waals surface area contributed by atoms with Crippen LogP contribution < -0.4 is 9.47 Å². The number of rotatable bonds is 1. The van der Waals surface area contributed by atoms with Crippen molar-refractivity contribution in [2.75, 3.05) is 33.1 Å². The van der Waals surface area contributed by atoms with Crippen LogP contribution >= 0.6 is 0 Å². The van der Waals surface area contributed by atoms with Gasteiger partial charge >= 0.3 is 0 Å². The Bertz CT molecular complexity index is 485. The van der Waals surface area contributed by atoms with Crippen molar-refractivity contribution in [3.63, 3.8) is 0 Å². The fourth-order valence-corrected chi connectivity index (χ4v) is 2.02. The lowest BCUT2D eigenvalue weighted by molar-refractivity contribution is 0.0299. The fourth-order valence-electron chi connectivity index (χ4n) is 2.02. The monoisotopic (exact) mass is 253 g/mol. The largest absolute Gasteiger partial charge is 0.454 e. The van der Waals surface area contributed by atoms with Gasteiger partial charge in [0.2, 0.25) is 6.79 Å². The fraction of sp³-hybridized carbons (Fsp3) is 0.417. The van der Waals surface area contributed by atoms with E-state index in [4.69, 9.17) is 14.2 Å². The highest BCUT2D eigenvalue weighted by atomic mass is 19.1. The number of carbonyl (C=O) groups is 1. The number of hydrogen-bond donors (Lipinski definition) is 0. The Balaban J connectivity index is 1.89. The van der Waals surface area contributed by atoms with E-state index in [0.29, 0.717) is 37.8 Å². The second-order valence-corrected chi connectivity index (χ2v) is 4.09. The van der Waals surface area contributed by atoms with E-state index < -0.39 is 5.82 Å². The van der Waals surface area contributed by atoms with Crippen LogP contribution in [0, 0.1) is 5.82 Å². The number of benzene rings is 1. The summed E-state index contributed by atoms with van der Waals surface area (Å²) in [7, 11) is 0. The Morgan fingerprint density at radius 3 is 2.56 bits per heavy atom. The zero-order chi connectivity index (χ0) is 12.5. The maximum Gasteiger partial charge on any atom is 0.257 e. The molecule has 18 heavy (non-hydrogen) atoms. The van der Waals surface area contributed by atoms with Crippen molar-refractivity contribution in [1.29, 1.82) is 0 Å². The van der Waals surface area contributed by atoms with Crippen LogP contribution in [0.1, 0.15) is 10.4 Å². The lowest BCUT2D eigenvalue weighted by atomic mass is 10.1. The van der Waals surface area contributed by atoms with Gasteiger partial charge in [-0.05, 0) is 6.07 Å². The summed E-state index contributed by atoms with van der Waals surface area (Å²) in [4.78, 5) is 13.7. The average molecular weight is 253 g/mol. The zero-order valence-corrected chi connectivity index (χ0v) is 9.65. The van der Waals surface area contributed by atoms with E-state index in [0.717, 1.165) is 0 Å². The first kappa shape index (κ1) is 11.3. The highest BCUT2D eigenvalue weighted by Crippen LogP contribution is 2.34. The topological polar surface area (TPSA) is 48.0 Å². The molecule has 0 N–H and O–H groups in total. The standard InChI is InChI=1S/C12H12FNO4/c13-9-6-11-10(17-7-18-11)5-8(9)12(15)14-1-3-16-4-2-14/h5-6H,1-4,7H2. The molecule has 2 aliphatic heterocycles. The third-order valence-corrected chi connectivity index (χ3v) is 2.99. The lowest BCUT2D eigenvalue weighted by Crippen LogP contribution is -2.41. The van der Waals surface area contributed by atoms with Gasteiger partial charge in [-0.15, -0.1) is 0 Å². The quantitative estimate of drug-likeness (QED) is 0.750. The molecule has 0 saturated carbocycles. The number of nitrogens with zero attached hydrogens (tertiary/aromatic N) is 1. The normalized spacial score (nSPS) is 17.9. The molecule has 96 valence electrons. The van der Waals surface area contributed by atoms with E-state index in [1.807, 2.05) is 0 Å². The van der Waals surface area contributed by atoms with Crippen molar-refractivity contribution in [1.82, 2.24) is 4.90 Å². The predicted octanol–water partition coefficient (Wildman–Crippen LogP) is 1.03. The van der Waals surface area contributed by atoms with E-state index in [1.165, 1.54) is 12.1 Å². The summed E-state index contributed by atoms with van der Waals surface area (Å²) in [5.74, 6) is -0.177. The molecule has 1 fully saturated rings. The van der Waals surface area contributed by atoms with Crippen LogP contribution in [0.4, 0.5) is 4.39 Å². The summed E-state index contributed by atoms with van der Waals surface area (Å²) in [5, 5.41) is 0. The van der Waals surface area contributed by atoms with Crippen molar-refractivity contribution in [3.8, 4) is 11.5 Å². The molecular formula is C12H12FNO4. The molecule has 3 rings (SSSR count). The summed E-state index contributed by atoms with van der Waals surface area (Å²) in [5.41, 5.74) is 0.0150. The van der Waals surface area contributed by atoms with Gasteiger partial charge in [0.05, 0.1) is 18.8 Å². The molecule has 5 nitrogen and oxygen atoms in total. The molecule has 2 aliphatic rings. The summed E-state index contributed by atoms with van der Waals surface area (Å²) in [6.07, 6.45) is 0. The minimum atomic E-state index is -0.587. The Morgan fingerprint density at radius 2 is 1.83 bits per heavy atom. The summed E-state index contributed by atoms with van der Waals surface area (Å²) in [6.45, 7) is 1.99. The van der Waals surface area contributed by atoms with Gasteiger partial charge in [0.1, 0.15) is 5.82 Å². The first-order valence-electron chi connectivity index (χ1n) is 5.72. The molecule has 1 amide bonds. The Kier molecular flexibility index (Phi) is 2.79. The van der Waals surface area contributed by atoms with Crippen LogP contribution in [0.2, 0.25) is 0 Å². The molecule has 1 aromatic carbocycles. The first-order chi connectivity index (χ1) is 8.75. The summed E-state index contributed by atoms with van der Waals surface area (Å²) in [6, 6.07) is 2.59. The molecular weight excluding hydrogens is 241 g/mol. The van der Waals surface area contributed by atoms with Gasteiger partial charge in [-0.2, -0.15) is 0 Å².